The Morgan fingerprint density at radius 2 is 2.03 bits per heavy atom. The van der Waals surface area contributed by atoms with Gasteiger partial charge in [-0.25, -0.2) is 4.98 Å². The van der Waals surface area contributed by atoms with Crippen LogP contribution in [-0.4, -0.2) is 44.6 Å². The fraction of sp³-hybridized carbons (Fsp3) is 0.417. The van der Waals surface area contributed by atoms with Crippen molar-refractivity contribution in [1.29, 1.82) is 0 Å². The largest absolute Gasteiger partial charge is 0.416 e. The molecule has 1 aliphatic heterocycles. The van der Waals surface area contributed by atoms with Gasteiger partial charge in [-0.1, -0.05) is 12.1 Å². The molecule has 1 saturated heterocycles. The highest BCUT2D eigenvalue weighted by atomic mass is 19.4. The first-order valence-corrected chi connectivity index (χ1v) is 10.9. The zero-order chi connectivity index (χ0) is 23.8. The van der Waals surface area contributed by atoms with Gasteiger partial charge in [-0.05, 0) is 73.7 Å². The SMILES string of the molecule is Cc1cc(-c2cccc(C(F)(F)F)c2)cc2c(=O)n(C[C@@H](O)C[C@H]3NCCC[C@@H]3O)cnc12. The molecule has 0 bridgehead atoms. The molecule has 0 spiro atoms. The molecular formula is C24H26F3N3O3. The van der Waals surface area contributed by atoms with Crippen LogP contribution < -0.4 is 10.9 Å². The maximum atomic E-state index is 13.1. The van der Waals surface area contributed by atoms with Crippen molar-refractivity contribution in [2.24, 2.45) is 0 Å². The van der Waals surface area contributed by atoms with Gasteiger partial charge >= 0.3 is 6.18 Å². The summed E-state index contributed by atoms with van der Waals surface area (Å²) in [5, 5.41) is 24.1. The van der Waals surface area contributed by atoms with E-state index in [0.29, 0.717) is 28.6 Å². The minimum absolute atomic E-state index is 0.000489. The zero-order valence-electron chi connectivity index (χ0n) is 18.1. The summed E-state index contributed by atoms with van der Waals surface area (Å²) in [7, 11) is 0. The van der Waals surface area contributed by atoms with Crippen LogP contribution in [0.2, 0.25) is 0 Å². The first kappa shape index (κ1) is 23.4. The summed E-state index contributed by atoms with van der Waals surface area (Å²) in [6.45, 7) is 2.52. The second kappa shape index (κ2) is 9.24. The first-order valence-electron chi connectivity index (χ1n) is 10.9. The third kappa shape index (κ3) is 5.10. The van der Waals surface area contributed by atoms with E-state index in [0.717, 1.165) is 25.1 Å². The van der Waals surface area contributed by atoms with Gasteiger partial charge in [-0.3, -0.25) is 9.36 Å². The number of piperidine rings is 1. The molecule has 0 radical (unpaired) electrons. The van der Waals surface area contributed by atoms with Crippen LogP contribution in [-0.2, 0) is 12.7 Å². The van der Waals surface area contributed by atoms with Gasteiger partial charge in [0.15, 0.2) is 0 Å². The van der Waals surface area contributed by atoms with E-state index in [9.17, 15) is 28.2 Å². The fourth-order valence-electron chi connectivity index (χ4n) is 4.39. The van der Waals surface area contributed by atoms with Crippen molar-refractivity contribution in [1.82, 2.24) is 14.9 Å². The number of hydrogen-bond acceptors (Lipinski definition) is 5. The van der Waals surface area contributed by atoms with Gasteiger partial charge in [-0.15, -0.1) is 0 Å². The Bertz CT molecular complexity index is 1210. The molecule has 3 aromatic rings. The summed E-state index contributed by atoms with van der Waals surface area (Å²) in [6.07, 6.45) is -2.69. The minimum Gasteiger partial charge on any atom is -0.392 e. The van der Waals surface area contributed by atoms with E-state index in [1.165, 1.54) is 17.0 Å². The van der Waals surface area contributed by atoms with Crippen LogP contribution in [0.4, 0.5) is 13.2 Å². The minimum atomic E-state index is -4.47. The second-order valence-electron chi connectivity index (χ2n) is 8.63. The van der Waals surface area contributed by atoms with Crippen LogP contribution in [0.5, 0.6) is 0 Å². The molecule has 176 valence electrons. The number of halogens is 3. The Morgan fingerprint density at radius 3 is 2.76 bits per heavy atom. The molecule has 0 unspecified atom stereocenters. The van der Waals surface area contributed by atoms with E-state index in [1.54, 1.807) is 25.1 Å². The lowest BCUT2D eigenvalue weighted by molar-refractivity contribution is -0.137. The fourth-order valence-corrected chi connectivity index (χ4v) is 4.39. The lowest BCUT2D eigenvalue weighted by Gasteiger charge is -2.30. The van der Waals surface area contributed by atoms with Gasteiger partial charge in [0, 0.05) is 6.04 Å². The molecule has 0 saturated carbocycles. The standard InChI is InChI=1S/C24H26F3N3O3/c1-14-8-16(15-4-2-5-17(9-15)24(25,26)27)10-19-22(14)29-13-30(23(19)33)12-18(31)11-20-21(32)6-3-7-28-20/h2,4-5,8-10,13,18,20-21,28,31-32H,3,6-7,11-12H2,1H3/t18-,20+,21-/m0/s1. The van der Waals surface area contributed by atoms with Gasteiger partial charge < -0.3 is 15.5 Å². The van der Waals surface area contributed by atoms with E-state index >= 15 is 0 Å². The number of aliphatic hydroxyl groups excluding tert-OH is 2. The molecule has 1 aromatic heterocycles. The van der Waals surface area contributed by atoms with Crippen molar-refractivity contribution in [3.63, 3.8) is 0 Å². The van der Waals surface area contributed by atoms with E-state index in [-0.39, 0.29) is 30.0 Å². The number of rotatable bonds is 5. The van der Waals surface area contributed by atoms with Crippen LogP contribution in [0, 0.1) is 6.92 Å². The lowest BCUT2D eigenvalue weighted by Crippen LogP contribution is -2.47. The van der Waals surface area contributed by atoms with Gasteiger partial charge in [-0.2, -0.15) is 13.2 Å². The van der Waals surface area contributed by atoms with E-state index in [1.807, 2.05) is 0 Å². The average molecular weight is 461 g/mol. The van der Waals surface area contributed by atoms with Crippen LogP contribution in [0.1, 0.15) is 30.4 Å². The number of aryl methyl sites for hydroxylation is 1. The molecule has 9 heteroatoms. The molecule has 3 N–H and O–H groups in total. The van der Waals surface area contributed by atoms with Crippen LogP contribution in [0.25, 0.3) is 22.0 Å². The van der Waals surface area contributed by atoms with Crippen molar-refractivity contribution in [2.75, 3.05) is 6.54 Å². The number of fused-ring (bicyclic) bond motifs is 1. The average Bonchev–Trinajstić information content (AvgIpc) is 2.77. The van der Waals surface area contributed by atoms with Gasteiger partial charge in [0.25, 0.3) is 5.56 Å². The monoisotopic (exact) mass is 461 g/mol. The summed E-state index contributed by atoms with van der Waals surface area (Å²) in [4.78, 5) is 17.5. The van der Waals surface area contributed by atoms with Crippen molar-refractivity contribution in [3.05, 3.63) is 64.2 Å². The highest BCUT2D eigenvalue weighted by Gasteiger charge is 2.30. The number of aromatic nitrogens is 2. The first-order chi connectivity index (χ1) is 15.6. The van der Waals surface area contributed by atoms with Gasteiger partial charge in [0.2, 0.25) is 0 Å². The summed E-state index contributed by atoms with van der Waals surface area (Å²) in [5.74, 6) is 0. The molecule has 0 amide bonds. The van der Waals surface area contributed by atoms with Crippen LogP contribution >= 0.6 is 0 Å². The van der Waals surface area contributed by atoms with Crippen molar-refractivity contribution >= 4 is 10.9 Å². The molecule has 33 heavy (non-hydrogen) atoms. The molecular weight excluding hydrogens is 435 g/mol. The Kier molecular flexibility index (Phi) is 6.56. The number of nitrogens with zero attached hydrogens (tertiary/aromatic N) is 2. The Morgan fingerprint density at radius 1 is 1.24 bits per heavy atom. The Balaban J connectivity index is 1.65. The molecule has 2 heterocycles. The zero-order valence-corrected chi connectivity index (χ0v) is 18.1. The van der Waals surface area contributed by atoms with Crippen molar-refractivity contribution in [2.45, 2.75) is 57.2 Å². The molecule has 1 aliphatic rings. The summed E-state index contributed by atoms with van der Waals surface area (Å²) in [5.41, 5.74) is 0.820. The third-order valence-corrected chi connectivity index (χ3v) is 6.12. The van der Waals surface area contributed by atoms with Crippen molar-refractivity contribution < 1.29 is 23.4 Å². The topological polar surface area (TPSA) is 87.4 Å². The molecule has 4 rings (SSSR count). The predicted octanol–water partition coefficient (Wildman–Crippen LogP) is 3.25. The highest BCUT2D eigenvalue weighted by molar-refractivity contribution is 5.86. The van der Waals surface area contributed by atoms with E-state index < -0.39 is 23.9 Å². The molecule has 0 aliphatic carbocycles. The predicted molar refractivity (Wildman–Crippen MR) is 119 cm³/mol. The van der Waals surface area contributed by atoms with Crippen LogP contribution in [0.3, 0.4) is 0 Å². The van der Waals surface area contributed by atoms with E-state index in [2.05, 4.69) is 10.3 Å². The smallest absolute Gasteiger partial charge is 0.392 e. The summed E-state index contributed by atoms with van der Waals surface area (Å²) in [6, 6.07) is 7.97. The van der Waals surface area contributed by atoms with E-state index in [4.69, 9.17) is 0 Å². The molecule has 2 aromatic carbocycles. The van der Waals surface area contributed by atoms with Gasteiger partial charge in [0.05, 0.1) is 41.5 Å². The second-order valence-corrected chi connectivity index (χ2v) is 8.63. The van der Waals surface area contributed by atoms with Crippen LogP contribution in [0.15, 0.2) is 47.5 Å². The molecule has 6 nitrogen and oxygen atoms in total. The number of alkyl halides is 3. The number of hydrogen-bond donors (Lipinski definition) is 3. The maximum absolute atomic E-state index is 13.1. The highest BCUT2D eigenvalue weighted by Crippen LogP contribution is 2.33. The third-order valence-electron chi connectivity index (χ3n) is 6.12. The lowest BCUT2D eigenvalue weighted by atomic mass is 9.96. The van der Waals surface area contributed by atoms with Gasteiger partial charge in [0.1, 0.15) is 0 Å². The number of aliphatic hydroxyl groups is 2. The Hall–Kier alpha value is -2.75. The Labute approximate surface area is 188 Å². The number of nitrogens with one attached hydrogen (secondary N) is 1. The quantitative estimate of drug-likeness (QED) is 0.543. The molecule has 3 atom stereocenters. The summed E-state index contributed by atoms with van der Waals surface area (Å²) < 4.78 is 40.7. The summed E-state index contributed by atoms with van der Waals surface area (Å²) >= 11 is 0. The normalized spacial score (nSPS) is 20.2. The van der Waals surface area contributed by atoms with Crippen molar-refractivity contribution in [3.8, 4) is 11.1 Å². The molecule has 1 fully saturated rings. The number of benzene rings is 2. The maximum Gasteiger partial charge on any atom is 0.416 e.